The molecule has 0 unspecified atom stereocenters. The van der Waals surface area contributed by atoms with Gasteiger partial charge in [0.05, 0.1) is 6.54 Å². The Hall–Kier alpha value is -2.15. The molecule has 1 heterocycles. The van der Waals surface area contributed by atoms with E-state index in [0.717, 1.165) is 17.1 Å². The maximum absolute atomic E-state index is 12.0. The predicted octanol–water partition coefficient (Wildman–Crippen LogP) is 3.86. The quantitative estimate of drug-likeness (QED) is 0.173. The van der Waals surface area contributed by atoms with Gasteiger partial charge in [0.2, 0.25) is 10.0 Å². The fourth-order valence-electron chi connectivity index (χ4n) is 2.29. The van der Waals surface area contributed by atoms with Gasteiger partial charge >= 0.3 is 0 Å². The summed E-state index contributed by atoms with van der Waals surface area (Å²) in [5.74, 6) is 1.58. The summed E-state index contributed by atoms with van der Waals surface area (Å²) in [5, 5.41) is 4.68. The average molecular weight is 544 g/mol. The molecular formula is C19H21IN4O3S2. The third kappa shape index (κ3) is 7.31. The number of ether oxygens (including phenoxy) is 1. The van der Waals surface area contributed by atoms with E-state index in [1.807, 2.05) is 48.5 Å². The third-order valence-electron chi connectivity index (χ3n) is 3.53. The van der Waals surface area contributed by atoms with Crippen LogP contribution in [0, 0.1) is 0 Å². The van der Waals surface area contributed by atoms with E-state index in [1.54, 1.807) is 23.6 Å². The van der Waals surface area contributed by atoms with Gasteiger partial charge in [0.1, 0.15) is 15.7 Å². The van der Waals surface area contributed by atoms with Gasteiger partial charge in [-0.15, -0.1) is 35.3 Å². The Morgan fingerprint density at radius 1 is 1.03 bits per heavy atom. The van der Waals surface area contributed by atoms with Crippen molar-refractivity contribution in [2.75, 3.05) is 18.4 Å². The van der Waals surface area contributed by atoms with Crippen LogP contribution in [0.25, 0.3) is 0 Å². The highest BCUT2D eigenvalue weighted by Gasteiger charge is 2.13. The minimum Gasteiger partial charge on any atom is -0.457 e. The van der Waals surface area contributed by atoms with Gasteiger partial charge in [0.25, 0.3) is 0 Å². The van der Waals surface area contributed by atoms with Crippen molar-refractivity contribution in [2.24, 2.45) is 10.7 Å². The molecule has 0 fully saturated rings. The Bertz CT molecular complexity index is 1030. The number of sulfonamides is 1. The Labute approximate surface area is 191 Å². The fourth-order valence-corrected chi connectivity index (χ4v) is 4.35. The van der Waals surface area contributed by atoms with Crippen molar-refractivity contribution in [2.45, 2.75) is 4.21 Å². The van der Waals surface area contributed by atoms with Crippen LogP contribution in [0.5, 0.6) is 11.5 Å². The minimum absolute atomic E-state index is 0. The molecular weight excluding hydrogens is 523 g/mol. The van der Waals surface area contributed by atoms with Crippen molar-refractivity contribution in [3.05, 3.63) is 72.1 Å². The van der Waals surface area contributed by atoms with Crippen molar-refractivity contribution in [3.8, 4) is 11.5 Å². The summed E-state index contributed by atoms with van der Waals surface area (Å²) in [6.07, 6.45) is 0. The number of hydrogen-bond donors (Lipinski definition) is 3. The summed E-state index contributed by atoms with van der Waals surface area (Å²) in [4.78, 5) is 4.14. The molecule has 0 spiro atoms. The maximum Gasteiger partial charge on any atom is 0.250 e. The van der Waals surface area contributed by atoms with Crippen LogP contribution in [0.1, 0.15) is 0 Å². The lowest BCUT2D eigenvalue weighted by Crippen LogP contribution is -2.28. The number of hydrogen-bond acceptors (Lipinski definition) is 5. The van der Waals surface area contributed by atoms with Crippen LogP contribution < -0.4 is 20.5 Å². The second kappa shape index (κ2) is 11.1. The lowest BCUT2D eigenvalue weighted by molar-refractivity contribution is 0.483. The first-order chi connectivity index (χ1) is 13.5. The second-order valence-electron chi connectivity index (χ2n) is 5.66. The number of thiophene rings is 1. The monoisotopic (exact) mass is 544 g/mol. The summed E-state index contributed by atoms with van der Waals surface area (Å²) in [6.45, 7) is 0.364. The molecule has 0 amide bonds. The molecule has 10 heteroatoms. The molecule has 154 valence electrons. The largest absolute Gasteiger partial charge is 0.457 e. The Balaban J connectivity index is 0.00000300. The van der Waals surface area contributed by atoms with Gasteiger partial charge in [0, 0.05) is 18.3 Å². The van der Waals surface area contributed by atoms with Crippen molar-refractivity contribution >= 4 is 57.0 Å². The number of aliphatic imine (C=N–C) groups is 1. The number of anilines is 1. The lowest BCUT2D eigenvalue weighted by atomic mass is 10.3. The highest BCUT2D eigenvalue weighted by Crippen LogP contribution is 2.23. The normalized spacial score (nSPS) is 11.5. The van der Waals surface area contributed by atoms with E-state index in [-0.39, 0.29) is 47.2 Å². The topological polar surface area (TPSA) is 106 Å². The van der Waals surface area contributed by atoms with E-state index in [4.69, 9.17) is 10.5 Å². The number of rotatable bonds is 8. The zero-order valence-corrected chi connectivity index (χ0v) is 19.3. The summed E-state index contributed by atoms with van der Waals surface area (Å²) >= 11 is 1.16. The Morgan fingerprint density at radius 3 is 2.52 bits per heavy atom. The molecule has 2 aromatic carbocycles. The zero-order chi connectivity index (χ0) is 19.8. The standard InChI is InChI=1S/C19H20N4O3S2.HI/c20-19(21-11-12-22-28(24,25)18-10-5-13-27-18)23-15-6-4-9-17(14-15)26-16-7-2-1-3-8-16;/h1-10,13-14,22H,11-12H2,(H3,20,21,23);1H. The molecule has 29 heavy (non-hydrogen) atoms. The number of benzene rings is 2. The van der Waals surface area contributed by atoms with Crippen LogP contribution in [-0.4, -0.2) is 27.5 Å². The Morgan fingerprint density at radius 2 is 1.79 bits per heavy atom. The van der Waals surface area contributed by atoms with E-state index < -0.39 is 10.0 Å². The molecule has 3 aromatic rings. The highest BCUT2D eigenvalue weighted by molar-refractivity contribution is 14.0. The molecule has 4 N–H and O–H groups in total. The fraction of sp³-hybridized carbons (Fsp3) is 0.105. The van der Waals surface area contributed by atoms with E-state index in [1.165, 1.54) is 0 Å². The van der Waals surface area contributed by atoms with Crippen molar-refractivity contribution in [1.82, 2.24) is 4.72 Å². The number of nitrogens with two attached hydrogens (primary N) is 1. The first kappa shape index (κ1) is 23.1. The zero-order valence-electron chi connectivity index (χ0n) is 15.3. The van der Waals surface area contributed by atoms with Crippen molar-refractivity contribution < 1.29 is 13.2 Å². The maximum atomic E-state index is 12.0. The highest BCUT2D eigenvalue weighted by atomic mass is 127. The summed E-state index contributed by atoms with van der Waals surface area (Å²) in [5.41, 5.74) is 6.59. The van der Waals surface area contributed by atoms with Gasteiger partial charge in [-0.05, 0) is 35.7 Å². The van der Waals surface area contributed by atoms with Crippen molar-refractivity contribution in [1.29, 1.82) is 0 Å². The molecule has 7 nitrogen and oxygen atoms in total. The molecule has 0 aliphatic heterocycles. The molecule has 0 saturated carbocycles. The lowest BCUT2D eigenvalue weighted by Gasteiger charge is -2.09. The van der Waals surface area contributed by atoms with Crippen LogP contribution in [0.15, 0.2) is 81.3 Å². The molecule has 3 rings (SSSR count). The molecule has 0 radical (unpaired) electrons. The van der Waals surface area contributed by atoms with Crippen LogP contribution in [0.4, 0.5) is 5.69 Å². The second-order valence-corrected chi connectivity index (χ2v) is 8.61. The Kier molecular flexibility index (Phi) is 8.89. The van der Waals surface area contributed by atoms with E-state index in [0.29, 0.717) is 11.4 Å². The van der Waals surface area contributed by atoms with Gasteiger partial charge in [-0.3, -0.25) is 4.99 Å². The summed E-state index contributed by atoms with van der Waals surface area (Å²) in [6, 6.07) is 20.0. The van der Waals surface area contributed by atoms with Crippen LogP contribution in [-0.2, 0) is 10.0 Å². The molecule has 0 saturated heterocycles. The first-order valence-electron chi connectivity index (χ1n) is 8.46. The van der Waals surface area contributed by atoms with Gasteiger partial charge in [-0.1, -0.05) is 30.3 Å². The summed E-state index contributed by atoms with van der Waals surface area (Å²) in [7, 11) is -3.49. The summed E-state index contributed by atoms with van der Waals surface area (Å²) < 4.78 is 32.6. The third-order valence-corrected chi connectivity index (χ3v) is 6.39. The molecule has 0 aliphatic rings. The minimum atomic E-state index is -3.49. The predicted molar refractivity (Wildman–Crippen MR) is 128 cm³/mol. The van der Waals surface area contributed by atoms with Crippen molar-refractivity contribution in [3.63, 3.8) is 0 Å². The van der Waals surface area contributed by atoms with Crippen LogP contribution in [0.3, 0.4) is 0 Å². The number of halogens is 1. The van der Waals surface area contributed by atoms with Gasteiger partial charge in [-0.2, -0.15) is 0 Å². The number of nitrogens with one attached hydrogen (secondary N) is 2. The number of nitrogens with zero attached hydrogens (tertiary/aromatic N) is 1. The van der Waals surface area contributed by atoms with E-state index >= 15 is 0 Å². The van der Waals surface area contributed by atoms with Gasteiger partial charge in [0.15, 0.2) is 5.96 Å². The number of para-hydroxylation sites is 1. The van der Waals surface area contributed by atoms with E-state index in [9.17, 15) is 8.42 Å². The molecule has 0 atom stereocenters. The SMILES string of the molecule is I.NC(=NCCNS(=O)(=O)c1cccs1)Nc1cccc(Oc2ccccc2)c1. The van der Waals surface area contributed by atoms with Crippen LogP contribution >= 0.6 is 35.3 Å². The molecule has 0 aliphatic carbocycles. The van der Waals surface area contributed by atoms with E-state index in [2.05, 4.69) is 15.0 Å². The number of guanidine groups is 1. The smallest absolute Gasteiger partial charge is 0.250 e. The molecule has 1 aromatic heterocycles. The first-order valence-corrected chi connectivity index (χ1v) is 10.8. The van der Waals surface area contributed by atoms with Gasteiger partial charge in [-0.25, -0.2) is 13.1 Å². The molecule has 0 bridgehead atoms. The van der Waals surface area contributed by atoms with Crippen LogP contribution in [0.2, 0.25) is 0 Å². The average Bonchev–Trinajstić information content (AvgIpc) is 3.22. The van der Waals surface area contributed by atoms with Gasteiger partial charge < -0.3 is 15.8 Å².